The van der Waals surface area contributed by atoms with Gasteiger partial charge in [-0.3, -0.25) is 9.67 Å². The highest BCUT2D eigenvalue weighted by Gasteiger charge is 2.20. The van der Waals surface area contributed by atoms with Crippen LogP contribution >= 0.6 is 0 Å². The first-order valence-electron chi connectivity index (χ1n) is 6.10. The first-order chi connectivity index (χ1) is 8.38. The molecular weight excluding hydrogens is 224 g/mol. The molecule has 2 heterocycles. The maximum atomic E-state index is 6.13. The summed E-state index contributed by atoms with van der Waals surface area (Å²) in [5, 5.41) is 4.54. The number of pyridine rings is 1. The van der Waals surface area contributed by atoms with E-state index in [1.54, 1.807) is 17.1 Å². The number of aromatic nitrogens is 3. The van der Waals surface area contributed by atoms with Gasteiger partial charge in [0.15, 0.2) is 0 Å². The van der Waals surface area contributed by atoms with Gasteiger partial charge in [-0.1, -0.05) is 20.8 Å². The van der Waals surface area contributed by atoms with Crippen LogP contribution in [-0.2, 0) is 13.5 Å². The molecule has 0 radical (unpaired) electrons. The summed E-state index contributed by atoms with van der Waals surface area (Å²) in [7, 11) is 1.88. The minimum atomic E-state index is 0.183. The lowest BCUT2D eigenvalue weighted by Gasteiger charge is -2.17. The second-order valence-electron chi connectivity index (χ2n) is 5.80. The fourth-order valence-electron chi connectivity index (χ4n) is 2.05. The molecule has 2 aromatic heterocycles. The molecule has 0 atom stereocenters. The lowest BCUT2D eigenvalue weighted by atomic mass is 9.88. The summed E-state index contributed by atoms with van der Waals surface area (Å²) < 4.78 is 1.75. The van der Waals surface area contributed by atoms with E-state index in [0.29, 0.717) is 5.82 Å². The molecule has 0 saturated heterocycles. The summed E-state index contributed by atoms with van der Waals surface area (Å²) in [6.45, 7) is 6.61. The van der Waals surface area contributed by atoms with Crippen molar-refractivity contribution in [1.29, 1.82) is 0 Å². The molecule has 0 bridgehead atoms. The molecular formula is C14H20N4. The van der Waals surface area contributed by atoms with Crippen LogP contribution in [0.25, 0.3) is 11.1 Å². The molecule has 96 valence electrons. The summed E-state index contributed by atoms with van der Waals surface area (Å²) in [6.07, 6.45) is 4.46. The third-order valence-corrected chi connectivity index (χ3v) is 2.83. The summed E-state index contributed by atoms with van der Waals surface area (Å²) >= 11 is 0. The average molecular weight is 244 g/mol. The van der Waals surface area contributed by atoms with Gasteiger partial charge in [-0.15, -0.1) is 0 Å². The molecule has 0 aliphatic carbocycles. The van der Waals surface area contributed by atoms with Crippen LogP contribution in [0.3, 0.4) is 0 Å². The highest BCUT2D eigenvalue weighted by Crippen LogP contribution is 2.32. The normalized spacial score (nSPS) is 11.8. The number of nitrogens with two attached hydrogens (primary N) is 1. The number of nitrogen functional groups attached to an aromatic ring is 1. The van der Waals surface area contributed by atoms with E-state index in [1.807, 2.05) is 19.2 Å². The lowest BCUT2D eigenvalue weighted by molar-refractivity contribution is 0.405. The topological polar surface area (TPSA) is 56.7 Å². The van der Waals surface area contributed by atoms with Gasteiger partial charge in [-0.2, -0.15) is 5.10 Å². The molecule has 0 unspecified atom stereocenters. The van der Waals surface area contributed by atoms with E-state index in [9.17, 15) is 0 Å². The average Bonchev–Trinajstić information content (AvgIpc) is 2.53. The van der Waals surface area contributed by atoms with Crippen molar-refractivity contribution in [2.24, 2.45) is 12.5 Å². The zero-order valence-corrected chi connectivity index (χ0v) is 11.4. The van der Waals surface area contributed by atoms with E-state index in [2.05, 4.69) is 30.9 Å². The molecule has 0 spiro atoms. The number of hydrogen-bond acceptors (Lipinski definition) is 3. The quantitative estimate of drug-likeness (QED) is 0.883. The van der Waals surface area contributed by atoms with Gasteiger partial charge in [0.25, 0.3) is 0 Å². The fourth-order valence-corrected chi connectivity index (χ4v) is 2.05. The van der Waals surface area contributed by atoms with Crippen LogP contribution in [-0.4, -0.2) is 14.8 Å². The summed E-state index contributed by atoms with van der Waals surface area (Å²) in [5.41, 5.74) is 9.48. The van der Waals surface area contributed by atoms with E-state index in [4.69, 9.17) is 5.73 Å². The molecule has 18 heavy (non-hydrogen) atoms. The second-order valence-corrected chi connectivity index (χ2v) is 5.80. The van der Waals surface area contributed by atoms with Gasteiger partial charge in [-0.05, 0) is 29.5 Å². The standard InChI is InChI=1S/C14H20N4/c1-14(2,3)9-11-12(13(15)18(4)17-11)10-5-7-16-8-6-10/h5-8H,9,15H2,1-4H3. The SMILES string of the molecule is Cn1nc(CC(C)(C)C)c(-c2ccncc2)c1N. The lowest BCUT2D eigenvalue weighted by Crippen LogP contribution is -2.10. The summed E-state index contributed by atoms with van der Waals surface area (Å²) in [4.78, 5) is 4.04. The molecule has 0 aliphatic heterocycles. The molecule has 2 aromatic rings. The maximum absolute atomic E-state index is 6.13. The Hall–Kier alpha value is -1.84. The molecule has 0 saturated carbocycles. The number of anilines is 1. The molecule has 0 aromatic carbocycles. The third kappa shape index (κ3) is 2.53. The number of nitrogens with zero attached hydrogens (tertiary/aromatic N) is 3. The van der Waals surface area contributed by atoms with Crippen molar-refractivity contribution < 1.29 is 0 Å². The van der Waals surface area contributed by atoms with Crippen LogP contribution in [0.1, 0.15) is 26.5 Å². The van der Waals surface area contributed by atoms with Crippen molar-refractivity contribution in [1.82, 2.24) is 14.8 Å². The number of rotatable bonds is 2. The van der Waals surface area contributed by atoms with Crippen LogP contribution in [0.15, 0.2) is 24.5 Å². The third-order valence-electron chi connectivity index (χ3n) is 2.83. The Morgan fingerprint density at radius 3 is 2.39 bits per heavy atom. The van der Waals surface area contributed by atoms with Gasteiger partial charge in [0.05, 0.1) is 5.69 Å². The molecule has 0 aliphatic rings. The molecule has 2 N–H and O–H groups in total. The Morgan fingerprint density at radius 1 is 1.22 bits per heavy atom. The largest absolute Gasteiger partial charge is 0.383 e. The van der Waals surface area contributed by atoms with Gasteiger partial charge < -0.3 is 5.73 Å². The minimum absolute atomic E-state index is 0.183. The van der Waals surface area contributed by atoms with Crippen LogP contribution < -0.4 is 5.73 Å². The Kier molecular flexibility index (Phi) is 3.11. The Labute approximate surface area is 108 Å². The summed E-state index contributed by atoms with van der Waals surface area (Å²) in [6, 6.07) is 3.94. The Morgan fingerprint density at radius 2 is 1.83 bits per heavy atom. The highest BCUT2D eigenvalue weighted by molar-refractivity contribution is 5.76. The van der Waals surface area contributed by atoms with E-state index in [-0.39, 0.29) is 5.41 Å². The second kappa shape index (κ2) is 4.44. The van der Waals surface area contributed by atoms with Crippen molar-refractivity contribution in [2.45, 2.75) is 27.2 Å². The van der Waals surface area contributed by atoms with Crippen LogP contribution in [0, 0.1) is 5.41 Å². The first-order valence-corrected chi connectivity index (χ1v) is 6.10. The number of hydrogen-bond donors (Lipinski definition) is 1. The minimum Gasteiger partial charge on any atom is -0.383 e. The van der Waals surface area contributed by atoms with Gasteiger partial charge in [0, 0.05) is 25.0 Å². The van der Waals surface area contributed by atoms with Crippen LogP contribution in [0.4, 0.5) is 5.82 Å². The zero-order valence-electron chi connectivity index (χ0n) is 11.4. The van der Waals surface area contributed by atoms with Crippen molar-refractivity contribution in [3.05, 3.63) is 30.2 Å². The van der Waals surface area contributed by atoms with Crippen molar-refractivity contribution in [3.8, 4) is 11.1 Å². The Balaban J connectivity index is 2.52. The first kappa shape index (κ1) is 12.6. The van der Waals surface area contributed by atoms with Crippen LogP contribution in [0.5, 0.6) is 0 Å². The highest BCUT2D eigenvalue weighted by atomic mass is 15.3. The van der Waals surface area contributed by atoms with Crippen molar-refractivity contribution in [2.75, 3.05) is 5.73 Å². The molecule has 0 amide bonds. The molecule has 4 nitrogen and oxygen atoms in total. The van der Waals surface area contributed by atoms with Gasteiger partial charge in [0.1, 0.15) is 5.82 Å². The predicted octanol–water partition coefficient (Wildman–Crippen LogP) is 2.65. The van der Waals surface area contributed by atoms with E-state index >= 15 is 0 Å². The van der Waals surface area contributed by atoms with Gasteiger partial charge in [-0.25, -0.2) is 0 Å². The van der Waals surface area contributed by atoms with E-state index in [1.165, 1.54) is 0 Å². The van der Waals surface area contributed by atoms with E-state index in [0.717, 1.165) is 23.2 Å². The smallest absolute Gasteiger partial charge is 0.129 e. The monoisotopic (exact) mass is 244 g/mol. The fraction of sp³-hybridized carbons (Fsp3) is 0.429. The van der Waals surface area contributed by atoms with Gasteiger partial charge in [0.2, 0.25) is 0 Å². The molecule has 2 rings (SSSR count). The maximum Gasteiger partial charge on any atom is 0.129 e. The van der Waals surface area contributed by atoms with Crippen molar-refractivity contribution >= 4 is 5.82 Å². The Bertz CT molecular complexity index is 535. The van der Waals surface area contributed by atoms with Crippen LogP contribution in [0.2, 0.25) is 0 Å². The number of aryl methyl sites for hydroxylation is 1. The van der Waals surface area contributed by atoms with Gasteiger partial charge >= 0.3 is 0 Å². The molecule has 0 fully saturated rings. The molecule has 4 heteroatoms. The van der Waals surface area contributed by atoms with E-state index < -0.39 is 0 Å². The summed E-state index contributed by atoms with van der Waals surface area (Å²) in [5.74, 6) is 0.709. The zero-order chi connectivity index (χ0) is 13.3. The van der Waals surface area contributed by atoms with Crippen molar-refractivity contribution in [3.63, 3.8) is 0 Å². The predicted molar refractivity (Wildman–Crippen MR) is 74.0 cm³/mol.